The van der Waals surface area contributed by atoms with E-state index in [-0.39, 0.29) is 4.90 Å². The predicted molar refractivity (Wildman–Crippen MR) is 72.9 cm³/mol. The van der Waals surface area contributed by atoms with E-state index in [1.54, 1.807) is 13.0 Å². The van der Waals surface area contributed by atoms with Crippen LogP contribution in [0.4, 0.5) is 0 Å². The number of carbonyl (C=O) groups is 1. The van der Waals surface area contributed by atoms with E-state index in [4.69, 9.17) is 9.84 Å². The minimum atomic E-state index is -3.92. The third-order valence-corrected chi connectivity index (χ3v) is 3.94. The predicted octanol–water partition coefficient (Wildman–Crippen LogP) is -0.529. The van der Waals surface area contributed by atoms with Gasteiger partial charge >= 0.3 is 0 Å². The Morgan fingerprint density at radius 1 is 1.45 bits per heavy atom. The quantitative estimate of drug-likeness (QED) is 0.628. The van der Waals surface area contributed by atoms with E-state index >= 15 is 0 Å². The maximum atomic E-state index is 12.1. The molecule has 0 spiro atoms. The molecule has 0 bridgehead atoms. The lowest BCUT2D eigenvalue weighted by Gasteiger charge is -2.15. The number of sulfonamides is 1. The van der Waals surface area contributed by atoms with Crippen molar-refractivity contribution in [3.8, 4) is 5.75 Å². The highest BCUT2D eigenvalue weighted by atomic mass is 32.2. The third kappa shape index (κ3) is 4.19. The lowest BCUT2D eigenvalue weighted by atomic mass is 10.3. The number of benzene rings is 1. The van der Waals surface area contributed by atoms with Crippen LogP contribution in [0.1, 0.15) is 6.92 Å². The van der Waals surface area contributed by atoms with Crippen LogP contribution in [0.25, 0.3) is 0 Å². The summed E-state index contributed by atoms with van der Waals surface area (Å²) in [5, 5.41) is 11.3. The summed E-state index contributed by atoms with van der Waals surface area (Å²) in [5.41, 5.74) is 0. The molecule has 0 aliphatic heterocycles. The zero-order valence-electron chi connectivity index (χ0n) is 11.3. The smallest absolute Gasteiger partial charge is 0.241 e. The van der Waals surface area contributed by atoms with Gasteiger partial charge in [-0.2, -0.15) is 4.72 Å². The van der Waals surface area contributed by atoms with Crippen LogP contribution < -0.4 is 14.8 Å². The minimum absolute atomic E-state index is 0.0363. The molecule has 1 atom stereocenters. The van der Waals surface area contributed by atoms with Crippen molar-refractivity contribution < 1.29 is 23.1 Å². The van der Waals surface area contributed by atoms with Gasteiger partial charge in [-0.3, -0.25) is 4.79 Å². The van der Waals surface area contributed by atoms with Crippen molar-refractivity contribution >= 4 is 15.9 Å². The van der Waals surface area contributed by atoms with Gasteiger partial charge in [0.15, 0.2) is 0 Å². The SMILES string of the molecule is CCOc1cccc(S(=O)(=O)NC(CO)C(=O)NC)c1. The molecule has 20 heavy (non-hydrogen) atoms. The molecule has 1 aromatic rings. The van der Waals surface area contributed by atoms with Crippen molar-refractivity contribution in [3.63, 3.8) is 0 Å². The summed E-state index contributed by atoms with van der Waals surface area (Å²) in [6, 6.07) is 4.66. The Hall–Kier alpha value is -1.64. The van der Waals surface area contributed by atoms with Crippen LogP contribution in [0.15, 0.2) is 29.2 Å². The van der Waals surface area contributed by atoms with Crippen molar-refractivity contribution in [2.24, 2.45) is 0 Å². The van der Waals surface area contributed by atoms with Gasteiger partial charge in [-0.05, 0) is 19.1 Å². The second kappa shape index (κ2) is 7.22. The Labute approximate surface area is 118 Å². The molecule has 1 aromatic carbocycles. The molecule has 1 amide bonds. The second-order valence-corrected chi connectivity index (χ2v) is 5.59. The lowest BCUT2D eigenvalue weighted by molar-refractivity contribution is -0.123. The molecule has 7 nitrogen and oxygen atoms in total. The molecule has 0 fully saturated rings. The molecule has 0 radical (unpaired) electrons. The highest BCUT2D eigenvalue weighted by molar-refractivity contribution is 7.89. The second-order valence-electron chi connectivity index (χ2n) is 3.88. The fraction of sp³-hybridized carbons (Fsp3) is 0.417. The summed E-state index contributed by atoms with van der Waals surface area (Å²) in [7, 11) is -2.56. The Bertz CT molecular complexity index is 559. The monoisotopic (exact) mass is 302 g/mol. The van der Waals surface area contributed by atoms with E-state index in [1.165, 1.54) is 25.2 Å². The molecular weight excluding hydrogens is 284 g/mol. The summed E-state index contributed by atoms with van der Waals surface area (Å²) in [6.07, 6.45) is 0. The maximum absolute atomic E-state index is 12.1. The van der Waals surface area contributed by atoms with Crippen molar-refractivity contribution in [3.05, 3.63) is 24.3 Å². The standard InChI is InChI=1S/C12H18N2O5S/c1-3-19-9-5-4-6-10(7-9)20(17,18)14-11(8-15)12(16)13-2/h4-7,11,14-15H,3,8H2,1-2H3,(H,13,16). The Morgan fingerprint density at radius 3 is 2.70 bits per heavy atom. The normalized spacial score (nSPS) is 12.8. The number of likely N-dealkylation sites (N-methyl/N-ethyl adjacent to an activating group) is 1. The van der Waals surface area contributed by atoms with Gasteiger partial charge in [-0.25, -0.2) is 8.42 Å². The zero-order chi connectivity index (χ0) is 15.2. The van der Waals surface area contributed by atoms with E-state index in [2.05, 4.69) is 10.0 Å². The van der Waals surface area contributed by atoms with Crippen molar-refractivity contribution in [2.75, 3.05) is 20.3 Å². The molecular formula is C12H18N2O5S. The van der Waals surface area contributed by atoms with E-state index in [0.717, 1.165) is 0 Å². The Morgan fingerprint density at radius 2 is 2.15 bits per heavy atom. The first-order valence-corrected chi connectivity index (χ1v) is 7.50. The number of hydrogen-bond donors (Lipinski definition) is 3. The molecule has 1 rings (SSSR count). The highest BCUT2D eigenvalue weighted by Gasteiger charge is 2.24. The number of aliphatic hydroxyl groups is 1. The number of carbonyl (C=O) groups excluding carboxylic acids is 1. The minimum Gasteiger partial charge on any atom is -0.494 e. The highest BCUT2D eigenvalue weighted by Crippen LogP contribution is 2.17. The number of aliphatic hydroxyl groups excluding tert-OH is 1. The van der Waals surface area contributed by atoms with E-state index < -0.39 is 28.6 Å². The van der Waals surface area contributed by atoms with Crippen LogP contribution in [0.3, 0.4) is 0 Å². The van der Waals surface area contributed by atoms with Crippen molar-refractivity contribution in [1.82, 2.24) is 10.0 Å². The summed E-state index contributed by atoms with van der Waals surface area (Å²) in [5.74, 6) is -0.201. The van der Waals surface area contributed by atoms with Gasteiger partial charge in [0, 0.05) is 13.1 Å². The van der Waals surface area contributed by atoms with Gasteiger partial charge < -0.3 is 15.2 Å². The van der Waals surface area contributed by atoms with Crippen LogP contribution in [0, 0.1) is 0 Å². The van der Waals surface area contributed by atoms with E-state index in [9.17, 15) is 13.2 Å². The Balaban J connectivity index is 2.98. The van der Waals surface area contributed by atoms with Crippen molar-refractivity contribution in [1.29, 1.82) is 0 Å². The van der Waals surface area contributed by atoms with Gasteiger partial charge in [-0.1, -0.05) is 6.07 Å². The first-order valence-electron chi connectivity index (χ1n) is 6.02. The fourth-order valence-electron chi connectivity index (χ4n) is 1.50. The molecule has 112 valence electrons. The largest absolute Gasteiger partial charge is 0.494 e. The van der Waals surface area contributed by atoms with Gasteiger partial charge in [0.05, 0.1) is 18.1 Å². The van der Waals surface area contributed by atoms with Crippen LogP contribution in [-0.2, 0) is 14.8 Å². The summed E-state index contributed by atoms with van der Waals surface area (Å²) in [6.45, 7) is 1.56. The average Bonchev–Trinajstić information content (AvgIpc) is 2.44. The number of ether oxygens (including phenoxy) is 1. The van der Waals surface area contributed by atoms with Crippen molar-refractivity contribution in [2.45, 2.75) is 17.9 Å². The molecule has 0 saturated heterocycles. The zero-order valence-corrected chi connectivity index (χ0v) is 12.1. The van der Waals surface area contributed by atoms with Gasteiger partial charge in [0.25, 0.3) is 0 Å². The average molecular weight is 302 g/mol. The summed E-state index contributed by atoms with van der Waals surface area (Å²) < 4.78 is 31.6. The molecule has 8 heteroatoms. The molecule has 0 aliphatic carbocycles. The molecule has 1 unspecified atom stereocenters. The maximum Gasteiger partial charge on any atom is 0.241 e. The lowest BCUT2D eigenvalue weighted by Crippen LogP contribution is -2.47. The molecule has 0 aliphatic rings. The number of hydrogen-bond acceptors (Lipinski definition) is 5. The third-order valence-electron chi connectivity index (χ3n) is 2.47. The van der Waals surface area contributed by atoms with Gasteiger partial charge in [0.1, 0.15) is 11.8 Å². The number of nitrogens with one attached hydrogen (secondary N) is 2. The van der Waals surface area contributed by atoms with Crippen LogP contribution >= 0.6 is 0 Å². The van der Waals surface area contributed by atoms with E-state index in [1.807, 2.05) is 0 Å². The van der Waals surface area contributed by atoms with Crippen LogP contribution in [0.2, 0.25) is 0 Å². The summed E-state index contributed by atoms with van der Waals surface area (Å²) >= 11 is 0. The Kier molecular flexibility index (Phi) is 5.93. The van der Waals surface area contributed by atoms with Crippen LogP contribution in [-0.4, -0.2) is 45.7 Å². The molecule has 0 saturated carbocycles. The van der Waals surface area contributed by atoms with Gasteiger partial charge in [-0.15, -0.1) is 0 Å². The fourth-order valence-corrected chi connectivity index (χ4v) is 2.72. The van der Waals surface area contributed by atoms with Gasteiger partial charge in [0.2, 0.25) is 15.9 Å². The topological polar surface area (TPSA) is 105 Å². The first kappa shape index (κ1) is 16.4. The number of amides is 1. The number of rotatable bonds is 7. The molecule has 0 heterocycles. The first-order chi connectivity index (χ1) is 9.44. The van der Waals surface area contributed by atoms with E-state index in [0.29, 0.717) is 12.4 Å². The summed E-state index contributed by atoms with van der Waals surface area (Å²) in [4.78, 5) is 11.4. The molecule has 3 N–H and O–H groups in total. The van der Waals surface area contributed by atoms with Crippen LogP contribution in [0.5, 0.6) is 5.75 Å². The molecule has 0 aromatic heterocycles.